The average Bonchev–Trinajstić information content (AvgIpc) is 2.42. The number of anilines is 1. The highest BCUT2D eigenvalue weighted by Crippen LogP contribution is 2.34. The Kier molecular flexibility index (Phi) is 4.75. The van der Waals surface area contributed by atoms with E-state index in [1.54, 1.807) is 25.3 Å². The smallest absolute Gasteiger partial charge is 0.240 e. The van der Waals surface area contributed by atoms with E-state index in [4.69, 9.17) is 9.47 Å². The normalized spacial score (nSPS) is 16.7. The lowest BCUT2D eigenvalue weighted by molar-refractivity contribution is 0.116. The Morgan fingerprint density at radius 2 is 2.19 bits per heavy atom. The number of methoxy groups -OCH3 is 1. The van der Waals surface area contributed by atoms with Gasteiger partial charge in [0.15, 0.2) is 0 Å². The minimum atomic E-state index is -3.50. The summed E-state index contributed by atoms with van der Waals surface area (Å²) in [5.41, 5.74) is 0.403. The highest BCUT2D eigenvalue weighted by molar-refractivity contribution is 7.89. The molecule has 0 amide bonds. The molecule has 0 aliphatic carbocycles. The number of nitrogens with one attached hydrogen (secondary N) is 2. The average molecular weight is 314 g/mol. The Labute approximate surface area is 125 Å². The minimum absolute atomic E-state index is 0.231. The Bertz CT molecular complexity index is 599. The van der Waals surface area contributed by atoms with Crippen molar-refractivity contribution in [2.75, 3.05) is 32.1 Å². The highest BCUT2D eigenvalue weighted by atomic mass is 32.2. The molecule has 0 saturated carbocycles. The van der Waals surface area contributed by atoms with E-state index in [1.807, 2.05) is 13.8 Å². The Morgan fingerprint density at radius 3 is 2.90 bits per heavy atom. The third-order valence-electron chi connectivity index (χ3n) is 3.17. The predicted molar refractivity (Wildman–Crippen MR) is 81.3 cm³/mol. The van der Waals surface area contributed by atoms with Crippen LogP contribution in [0.25, 0.3) is 0 Å². The van der Waals surface area contributed by atoms with E-state index in [9.17, 15) is 8.42 Å². The summed E-state index contributed by atoms with van der Waals surface area (Å²) >= 11 is 0. The Morgan fingerprint density at radius 1 is 1.43 bits per heavy atom. The summed E-state index contributed by atoms with van der Waals surface area (Å²) in [6.45, 7) is 5.46. The summed E-state index contributed by atoms with van der Waals surface area (Å²) in [6, 6.07) is 4.84. The molecule has 0 bridgehead atoms. The first kappa shape index (κ1) is 16.1. The lowest BCUT2D eigenvalue weighted by atomic mass is 10.1. The number of rotatable bonds is 6. The summed E-state index contributed by atoms with van der Waals surface area (Å²) in [6.07, 6.45) is 0.635. The molecule has 2 N–H and O–H groups in total. The number of hydrogen-bond acceptors (Lipinski definition) is 5. The van der Waals surface area contributed by atoms with Gasteiger partial charge in [0.2, 0.25) is 10.0 Å². The van der Waals surface area contributed by atoms with E-state index in [1.165, 1.54) is 0 Å². The SMILES string of the molecule is COCCCNS(=O)(=O)c1ccc2c(c1)NCC(C)(C)O2. The van der Waals surface area contributed by atoms with Gasteiger partial charge in [-0.25, -0.2) is 13.1 Å². The van der Waals surface area contributed by atoms with Crippen LogP contribution < -0.4 is 14.8 Å². The van der Waals surface area contributed by atoms with Gasteiger partial charge in [-0.1, -0.05) is 0 Å². The molecule has 6 nitrogen and oxygen atoms in total. The second-order valence-electron chi connectivity index (χ2n) is 5.62. The summed E-state index contributed by atoms with van der Waals surface area (Å²) in [5.74, 6) is 0.671. The molecule has 0 fully saturated rings. The van der Waals surface area contributed by atoms with E-state index >= 15 is 0 Å². The monoisotopic (exact) mass is 314 g/mol. The van der Waals surface area contributed by atoms with Crippen LogP contribution in [0.4, 0.5) is 5.69 Å². The van der Waals surface area contributed by atoms with Gasteiger partial charge in [-0.15, -0.1) is 0 Å². The van der Waals surface area contributed by atoms with Gasteiger partial charge in [0.1, 0.15) is 11.4 Å². The van der Waals surface area contributed by atoms with E-state index in [0.29, 0.717) is 37.6 Å². The molecule has 7 heteroatoms. The molecule has 0 spiro atoms. The van der Waals surface area contributed by atoms with Gasteiger partial charge in [0.25, 0.3) is 0 Å². The van der Waals surface area contributed by atoms with Crippen LogP contribution in [0, 0.1) is 0 Å². The van der Waals surface area contributed by atoms with Crippen LogP contribution in [0.5, 0.6) is 5.75 Å². The van der Waals surface area contributed by atoms with Crippen molar-refractivity contribution in [1.29, 1.82) is 0 Å². The number of fused-ring (bicyclic) bond motifs is 1. The van der Waals surface area contributed by atoms with Crippen molar-refractivity contribution in [2.24, 2.45) is 0 Å². The molecule has 2 rings (SSSR count). The summed E-state index contributed by atoms with van der Waals surface area (Å²) in [4.78, 5) is 0.231. The van der Waals surface area contributed by atoms with Gasteiger partial charge in [0.05, 0.1) is 17.1 Å². The molecular weight excluding hydrogens is 292 g/mol. The number of hydrogen-bond donors (Lipinski definition) is 2. The molecule has 21 heavy (non-hydrogen) atoms. The van der Waals surface area contributed by atoms with Crippen molar-refractivity contribution < 1.29 is 17.9 Å². The van der Waals surface area contributed by atoms with Gasteiger partial charge >= 0.3 is 0 Å². The second-order valence-corrected chi connectivity index (χ2v) is 7.38. The maximum atomic E-state index is 12.2. The highest BCUT2D eigenvalue weighted by Gasteiger charge is 2.27. The third-order valence-corrected chi connectivity index (χ3v) is 4.63. The van der Waals surface area contributed by atoms with Crippen LogP contribution in [0.2, 0.25) is 0 Å². The topological polar surface area (TPSA) is 76.7 Å². The minimum Gasteiger partial charge on any atom is -0.484 e. The van der Waals surface area contributed by atoms with Gasteiger partial charge < -0.3 is 14.8 Å². The standard InChI is InChI=1S/C14H22N2O4S/c1-14(2)10-15-12-9-11(5-6-13(12)20-14)21(17,18)16-7-4-8-19-3/h5-6,9,15-16H,4,7-8,10H2,1-3H3. The molecule has 118 valence electrons. The lowest BCUT2D eigenvalue weighted by Gasteiger charge is -2.33. The predicted octanol–water partition coefficient (Wildman–Crippen LogP) is 1.58. The van der Waals surface area contributed by atoms with Crippen LogP contribution in [-0.2, 0) is 14.8 Å². The van der Waals surface area contributed by atoms with Gasteiger partial charge in [-0.2, -0.15) is 0 Å². The number of benzene rings is 1. The summed E-state index contributed by atoms with van der Waals surface area (Å²) in [7, 11) is -1.92. The van der Waals surface area contributed by atoms with Gasteiger partial charge in [-0.3, -0.25) is 0 Å². The maximum absolute atomic E-state index is 12.2. The first-order valence-corrected chi connectivity index (χ1v) is 8.38. The van der Waals surface area contributed by atoms with E-state index in [0.717, 1.165) is 0 Å². The first-order valence-electron chi connectivity index (χ1n) is 6.90. The summed E-state index contributed by atoms with van der Waals surface area (Å²) < 4.78 is 37.6. The number of ether oxygens (including phenoxy) is 2. The number of sulfonamides is 1. The van der Waals surface area contributed by atoms with Crippen LogP contribution in [0.15, 0.2) is 23.1 Å². The van der Waals surface area contributed by atoms with Crippen molar-refractivity contribution >= 4 is 15.7 Å². The van der Waals surface area contributed by atoms with Crippen molar-refractivity contribution in [3.05, 3.63) is 18.2 Å². The lowest BCUT2D eigenvalue weighted by Crippen LogP contribution is -2.40. The Balaban J connectivity index is 2.11. The molecule has 0 aromatic heterocycles. The molecule has 1 aliphatic heterocycles. The molecule has 1 aliphatic rings. The molecule has 0 unspecified atom stereocenters. The van der Waals surface area contributed by atoms with Crippen LogP contribution in [0.1, 0.15) is 20.3 Å². The molecule has 1 aromatic rings. The van der Waals surface area contributed by atoms with Crippen molar-refractivity contribution in [3.8, 4) is 5.75 Å². The van der Waals surface area contributed by atoms with Gasteiger partial charge in [0, 0.05) is 20.3 Å². The molecule has 0 radical (unpaired) electrons. The van der Waals surface area contributed by atoms with Gasteiger partial charge in [-0.05, 0) is 38.5 Å². The molecular formula is C14H22N2O4S. The van der Waals surface area contributed by atoms with Crippen LogP contribution in [-0.4, -0.2) is 40.8 Å². The maximum Gasteiger partial charge on any atom is 0.240 e. The molecule has 0 saturated heterocycles. The summed E-state index contributed by atoms with van der Waals surface area (Å²) in [5, 5.41) is 3.20. The fourth-order valence-electron chi connectivity index (χ4n) is 2.05. The zero-order valence-corrected chi connectivity index (χ0v) is 13.4. The molecule has 1 heterocycles. The Hall–Kier alpha value is -1.31. The third kappa shape index (κ3) is 4.09. The largest absolute Gasteiger partial charge is 0.484 e. The fraction of sp³-hybridized carbons (Fsp3) is 0.571. The van der Waals surface area contributed by atoms with Crippen LogP contribution >= 0.6 is 0 Å². The van der Waals surface area contributed by atoms with Crippen molar-refractivity contribution in [1.82, 2.24) is 4.72 Å². The first-order chi connectivity index (χ1) is 9.84. The zero-order chi connectivity index (χ0) is 15.5. The van der Waals surface area contributed by atoms with Crippen molar-refractivity contribution in [2.45, 2.75) is 30.8 Å². The van der Waals surface area contributed by atoms with Crippen LogP contribution in [0.3, 0.4) is 0 Å². The van der Waals surface area contributed by atoms with E-state index in [-0.39, 0.29) is 10.5 Å². The quantitative estimate of drug-likeness (QED) is 0.780. The zero-order valence-electron chi connectivity index (χ0n) is 12.6. The second kappa shape index (κ2) is 6.21. The van der Waals surface area contributed by atoms with E-state index in [2.05, 4.69) is 10.0 Å². The molecule has 1 aromatic carbocycles. The van der Waals surface area contributed by atoms with Crippen molar-refractivity contribution in [3.63, 3.8) is 0 Å². The molecule has 0 atom stereocenters. The fourth-order valence-corrected chi connectivity index (χ4v) is 3.15. The van der Waals surface area contributed by atoms with E-state index < -0.39 is 10.0 Å².